The molecule has 0 aromatic heterocycles. The Morgan fingerprint density at radius 1 is 0.320 bits per heavy atom. The monoisotopic (exact) mass is 1420 g/mol. The molecule has 2 atom stereocenters. The summed E-state index contributed by atoms with van der Waals surface area (Å²) in [6.45, 7) is 4.18. The molecule has 100 heavy (non-hydrogen) atoms. The predicted octanol–water partition coefficient (Wildman–Crippen LogP) is 28.5. The quantitative estimate of drug-likeness (QED) is 0.0195. The topological polar surface area (TPSA) is 111 Å². The van der Waals surface area contributed by atoms with Crippen molar-refractivity contribution in [1.82, 2.24) is 0 Å². The summed E-state index contributed by atoms with van der Waals surface area (Å²) in [4.78, 5) is 38.2. The zero-order chi connectivity index (χ0) is 72.5. The number of allylic oxidation sites excluding steroid dienone is 14. The third-order valence-corrected chi connectivity index (χ3v) is 20.4. The highest BCUT2D eigenvalue weighted by atomic mass is 31.2. The number of esters is 2. The number of ether oxygens (including phenoxy) is 2. The van der Waals surface area contributed by atoms with Crippen LogP contribution in [-0.2, 0) is 32.7 Å². The highest BCUT2D eigenvalue weighted by Crippen LogP contribution is 2.38. The molecule has 0 bridgehead atoms. The minimum atomic E-state index is -4.65. The summed E-state index contributed by atoms with van der Waals surface area (Å²) in [6, 6.07) is 0. The van der Waals surface area contributed by atoms with Crippen LogP contribution in [0.2, 0.25) is 0 Å². The van der Waals surface area contributed by atoms with Crippen molar-refractivity contribution < 1.29 is 42.1 Å². The lowest BCUT2D eigenvalue weighted by molar-refractivity contribution is -0.870. The van der Waals surface area contributed by atoms with Gasteiger partial charge in [-0.1, -0.05) is 407 Å². The first-order valence-corrected chi connectivity index (χ1v) is 44.8. The second kappa shape index (κ2) is 80.3. The van der Waals surface area contributed by atoms with Gasteiger partial charge < -0.3 is 27.9 Å². The molecular formula is C90H166NO8P. The summed E-state index contributed by atoms with van der Waals surface area (Å²) in [6.07, 6.45) is 112. The van der Waals surface area contributed by atoms with Crippen LogP contribution in [0.4, 0.5) is 0 Å². The molecule has 0 radical (unpaired) electrons. The second-order valence-corrected chi connectivity index (χ2v) is 31.9. The molecule has 0 heterocycles. The van der Waals surface area contributed by atoms with E-state index >= 15 is 0 Å². The first-order valence-electron chi connectivity index (χ1n) is 43.3. The highest BCUT2D eigenvalue weighted by molar-refractivity contribution is 7.45. The number of carbonyl (C=O) groups is 2. The summed E-state index contributed by atoms with van der Waals surface area (Å²) in [5.74, 6) is -0.811. The van der Waals surface area contributed by atoms with Crippen molar-refractivity contribution in [2.24, 2.45) is 0 Å². The van der Waals surface area contributed by atoms with E-state index in [1.165, 1.54) is 315 Å². The van der Waals surface area contributed by atoms with Crippen LogP contribution in [0.25, 0.3) is 0 Å². The van der Waals surface area contributed by atoms with Gasteiger partial charge in [0.1, 0.15) is 19.8 Å². The van der Waals surface area contributed by atoms with E-state index in [4.69, 9.17) is 18.5 Å². The van der Waals surface area contributed by atoms with Crippen molar-refractivity contribution in [3.05, 3.63) is 85.1 Å². The first kappa shape index (κ1) is 97.2. The Balaban J connectivity index is 3.87. The Labute approximate surface area is 621 Å². The highest BCUT2D eigenvalue weighted by Gasteiger charge is 2.22. The fourth-order valence-electron chi connectivity index (χ4n) is 12.8. The maximum atomic E-state index is 12.9. The van der Waals surface area contributed by atoms with E-state index < -0.39 is 26.5 Å². The lowest BCUT2D eigenvalue weighted by Gasteiger charge is -2.28. The van der Waals surface area contributed by atoms with Gasteiger partial charge in [-0.3, -0.25) is 14.2 Å². The van der Waals surface area contributed by atoms with Crippen molar-refractivity contribution in [2.45, 2.75) is 431 Å². The van der Waals surface area contributed by atoms with Gasteiger partial charge in [0.15, 0.2) is 6.10 Å². The molecule has 0 aliphatic heterocycles. The SMILES string of the molecule is CC/C=C\C/C=C\C/C=C\C/C=C\C/C=C\CCCCCCCCCCCCCCCCCCCCCC(=O)OC(COC(=O)CCCCCCCCCCCCCCCCCCCCCCCCCCCCCCC/C=C\C/C=C\CCCCCCC)COP(=O)([O-])OCC[N+](C)(C)C. The van der Waals surface area contributed by atoms with Crippen LogP contribution in [0.3, 0.4) is 0 Å². The van der Waals surface area contributed by atoms with E-state index in [2.05, 4.69) is 98.9 Å². The molecule has 0 amide bonds. The van der Waals surface area contributed by atoms with E-state index in [0.29, 0.717) is 17.4 Å². The largest absolute Gasteiger partial charge is 0.756 e. The Bertz CT molecular complexity index is 1970. The Hall–Kier alpha value is -2.81. The van der Waals surface area contributed by atoms with Crippen molar-refractivity contribution in [1.29, 1.82) is 0 Å². The van der Waals surface area contributed by atoms with Crippen LogP contribution in [0, 0.1) is 0 Å². The summed E-state index contributed by atoms with van der Waals surface area (Å²) in [5.41, 5.74) is 0. The molecule has 0 saturated heterocycles. The molecule has 9 nitrogen and oxygen atoms in total. The number of nitrogens with zero attached hydrogens (tertiary/aromatic N) is 1. The molecule has 10 heteroatoms. The van der Waals surface area contributed by atoms with Crippen LogP contribution in [0.1, 0.15) is 425 Å². The molecule has 0 fully saturated rings. The number of quaternary nitrogens is 1. The van der Waals surface area contributed by atoms with Crippen molar-refractivity contribution in [2.75, 3.05) is 47.5 Å². The molecule has 0 rings (SSSR count). The Morgan fingerprint density at radius 3 is 0.850 bits per heavy atom. The number of phosphoric ester groups is 1. The Kier molecular flexibility index (Phi) is 78.0. The average molecular weight is 1420 g/mol. The van der Waals surface area contributed by atoms with Gasteiger partial charge in [0.2, 0.25) is 0 Å². The lowest BCUT2D eigenvalue weighted by Crippen LogP contribution is -2.37. The number of rotatable bonds is 81. The van der Waals surface area contributed by atoms with Gasteiger partial charge in [-0.15, -0.1) is 0 Å². The number of hydrogen-bond acceptors (Lipinski definition) is 8. The van der Waals surface area contributed by atoms with E-state index in [9.17, 15) is 19.0 Å². The van der Waals surface area contributed by atoms with Crippen LogP contribution >= 0.6 is 7.82 Å². The van der Waals surface area contributed by atoms with Crippen LogP contribution < -0.4 is 4.89 Å². The third-order valence-electron chi connectivity index (χ3n) is 19.4. The van der Waals surface area contributed by atoms with Gasteiger partial charge in [0, 0.05) is 12.8 Å². The minimum absolute atomic E-state index is 0.0295. The van der Waals surface area contributed by atoms with Crippen LogP contribution in [0.5, 0.6) is 0 Å². The average Bonchev–Trinajstić information content (AvgIpc) is 1.65. The summed E-state index contributed by atoms with van der Waals surface area (Å²) >= 11 is 0. The van der Waals surface area contributed by atoms with E-state index in [1.54, 1.807) is 0 Å². The molecule has 0 aliphatic carbocycles. The van der Waals surface area contributed by atoms with Gasteiger partial charge in [-0.25, -0.2) is 0 Å². The maximum absolute atomic E-state index is 12.9. The lowest BCUT2D eigenvalue weighted by atomic mass is 10.0. The molecular weight excluding hydrogens is 1250 g/mol. The zero-order valence-electron chi connectivity index (χ0n) is 66.9. The number of unbranched alkanes of at least 4 members (excludes halogenated alkanes) is 53. The van der Waals surface area contributed by atoms with Gasteiger partial charge >= 0.3 is 11.9 Å². The smallest absolute Gasteiger partial charge is 0.306 e. The molecule has 0 aromatic rings. The molecule has 0 aliphatic rings. The zero-order valence-corrected chi connectivity index (χ0v) is 67.8. The number of phosphoric acid groups is 1. The van der Waals surface area contributed by atoms with Gasteiger partial charge in [0.25, 0.3) is 7.82 Å². The molecule has 0 spiro atoms. The fourth-order valence-corrected chi connectivity index (χ4v) is 13.6. The molecule has 0 saturated carbocycles. The molecule has 0 N–H and O–H groups in total. The normalized spacial score (nSPS) is 13.4. The predicted molar refractivity (Wildman–Crippen MR) is 434 cm³/mol. The second-order valence-electron chi connectivity index (χ2n) is 30.5. The van der Waals surface area contributed by atoms with Crippen molar-refractivity contribution in [3.8, 4) is 0 Å². The number of hydrogen-bond donors (Lipinski definition) is 0. The third kappa shape index (κ3) is 84.1. The fraction of sp³-hybridized carbons (Fsp3) is 0.822. The van der Waals surface area contributed by atoms with Crippen molar-refractivity contribution in [3.63, 3.8) is 0 Å². The molecule has 0 aromatic carbocycles. The van der Waals surface area contributed by atoms with E-state index in [1.807, 2.05) is 21.1 Å². The van der Waals surface area contributed by atoms with Crippen LogP contribution in [0.15, 0.2) is 85.1 Å². The Morgan fingerprint density at radius 2 is 0.570 bits per heavy atom. The first-order chi connectivity index (χ1) is 49.0. The summed E-state index contributed by atoms with van der Waals surface area (Å²) in [7, 11) is 1.19. The standard InChI is InChI=1S/C90H166NO8P/c1-6-8-10-12-14-16-18-20-22-24-26-28-30-32-34-36-38-40-42-43-44-45-46-47-49-50-52-54-56-58-60-62-64-66-68-70-72-74-76-78-80-82-89(92)96-86-88(87-98-100(94,95)97-85-84-91(3,4)5)99-90(93)83-81-79-77-75-73-71-69-67-65-63-61-59-57-55-53-51-48-41-39-37-35-33-31-29-27-25-23-21-19-17-15-13-11-9-7-2/h9,11,15,17-18,20-21,23-24,26-27,29,33,35,88H,6-8,10,12-14,16,19,22,25,28,30-32,34,36-87H2,1-5H3/b11-9-,17-15-,20-18-,23-21-,26-24-,29-27-,35-33-. The molecule has 584 valence electrons. The van der Waals surface area contributed by atoms with Gasteiger partial charge in [-0.05, 0) is 89.9 Å². The summed E-state index contributed by atoms with van der Waals surface area (Å²) < 4.78 is 34.5. The maximum Gasteiger partial charge on any atom is 0.306 e. The molecule has 2 unspecified atom stereocenters. The van der Waals surface area contributed by atoms with E-state index in [0.717, 1.165) is 77.0 Å². The van der Waals surface area contributed by atoms with Crippen molar-refractivity contribution >= 4 is 19.8 Å². The van der Waals surface area contributed by atoms with Gasteiger partial charge in [-0.2, -0.15) is 0 Å². The van der Waals surface area contributed by atoms with Gasteiger partial charge in [0.05, 0.1) is 27.7 Å². The number of carbonyl (C=O) groups excluding carboxylic acids is 2. The van der Waals surface area contributed by atoms with Crippen LogP contribution in [-0.4, -0.2) is 70.0 Å². The number of likely N-dealkylation sites (N-methyl/N-ethyl adjacent to an activating group) is 1. The summed E-state index contributed by atoms with van der Waals surface area (Å²) in [5, 5.41) is 0. The van der Waals surface area contributed by atoms with E-state index in [-0.39, 0.29) is 32.0 Å². The minimum Gasteiger partial charge on any atom is -0.756 e.